The number of ether oxygens (including phenoxy) is 1. The molecule has 1 saturated carbocycles. The highest BCUT2D eigenvalue weighted by Crippen LogP contribution is 2.66. The molecule has 4 nitrogen and oxygen atoms in total. The molecule has 3 aliphatic rings. The van der Waals surface area contributed by atoms with Crippen LogP contribution in [0.15, 0.2) is 46.9 Å². The van der Waals surface area contributed by atoms with Gasteiger partial charge in [-0.25, -0.2) is 8.42 Å². The maximum atomic E-state index is 13.1. The third-order valence-electron chi connectivity index (χ3n) is 6.24. The lowest BCUT2D eigenvalue weighted by Crippen LogP contribution is -2.38. The Morgan fingerprint density at radius 1 is 1.21 bits per heavy atom. The largest absolute Gasteiger partial charge is 0.457 e. The van der Waals surface area contributed by atoms with Crippen LogP contribution in [0.25, 0.3) is 0 Å². The van der Waals surface area contributed by atoms with Gasteiger partial charge in [0.2, 0.25) is 0 Å². The van der Waals surface area contributed by atoms with Crippen LogP contribution < -0.4 is 0 Å². The first-order chi connectivity index (χ1) is 11.3. The lowest BCUT2D eigenvalue weighted by atomic mass is 9.76. The second-order valence-corrected chi connectivity index (χ2v) is 9.76. The van der Waals surface area contributed by atoms with Crippen LogP contribution in [0.3, 0.4) is 0 Å². The van der Waals surface area contributed by atoms with Crippen LogP contribution >= 0.6 is 0 Å². The van der Waals surface area contributed by atoms with Gasteiger partial charge < -0.3 is 4.74 Å². The minimum absolute atomic E-state index is 0.200. The molecule has 128 valence electrons. The molecule has 0 radical (unpaired) electrons. The SMILES string of the molecule is CC1=CC[C@@H]([C@@]2(C)OC(=O)[C@@]3(S(=O)(=O)c4ccccc4)C[C@@H]23)CC1. The van der Waals surface area contributed by atoms with Gasteiger partial charge in [-0.3, -0.25) is 4.79 Å². The Bertz CT molecular complexity index is 826. The number of benzene rings is 1. The summed E-state index contributed by atoms with van der Waals surface area (Å²) in [6, 6.07) is 8.28. The summed E-state index contributed by atoms with van der Waals surface area (Å²) in [5, 5.41) is 0. The third kappa shape index (κ3) is 1.91. The maximum Gasteiger partial charge on any atom is 0.328 e. The van der Waals surface area contributed by atoms with Crippen molar-refractivity contribution in [3.05, 3.63) is 42.0 Å². The molecule has 5 heteroatoms. The Morgan fingerprint density at radius 3 is 2.50 bits per heavy atom. The number of allylic oxidation sites excluding steroid dienone is 2. The second kappa shape index (κ2) is 4.94. The Kier molecular flexibility index (Phi) is 3.27. The van der Waals surface area contributed by atoms with Crippen molar-refractivity contribution in [3.8, 4) is 0 Å². The molecule has 2 aliphatic carbocycles. The molecule has 0 N–H and O–H groups in total. The Labute approximate surface area is 142 Å². The lowest BCUT2D eigenvalue weighted by molar-refractivity contribution is -0.156. The zero-order chi connectivity index (χ0) is 17.2. The standard InChI is InChI=1S/C19H22O4S/c1-13-8-10-14(11-9-13)18(2)16-12-19(16,17(20)23-18)24(21,22)15-6-4-3-5-7-15/h3-8,14,16H,9-12H2,1-2H3/t14-,16+,18-,19-/m1/s1. The van der Waals surface area contributed by atoms with E-state index >= 15 is 0 Å². The smallest absolute Gasteiger partial charge is 0.328 e. The van der Waals surface area contributed by atoms with Gasteiger partial charge in [0, 0.05) is 11.8 Å². The van der Waals surface area contributed by atoms with Crippen molar-refractivity contribution in [1.82, 2.24) is 0 Å². The van der Waals surface area contributed by atoms with Crippen LogP contribution in [0.2, 0.25) is 0 Å². The van der Waals surface area contributed by atoms with Crippen molar-refractivity contribution < 1.29 is 17.9 Å². The molecular weight excluding hydrogens is 324 g/mol. The number of carbonyl (C=O) groups is 1. The van der Waals surface area contributed by atoms with E-state index < -0.39 is 26.2 Å². The average Bonchev–Trinajstić information content (AvgIpc) is 3.30. The molecule has 1 heterocycles. The molecule has 0 aromatic heterocycles. The van der Waals surface area contributed by atoms with Crippen LogP contribution in [0, 0.1) is 11.8 Å². The van der Waals surface area contributed by atoms with E-state index in [1.807, 2.05) is 6.92 Å². The summed E-state index contributed by atoms with van der Waals surface area (Å²) in [5.74, 6) is -0.588. The molecule has 1 aliphatic heterocycles. The molecule has 24 heavy (non-hydrogen) atoms. The van der Waals surface area contributed by atoms with Crippen molar-refractivity contribution in [2.45, 2.75) is 54.8 Å². The van der Waals surface area contributed by atoms with E-state index in [2.05, 4.69) is 13.0 Å². The number of sulfone groups is 1. The zero-order valence-electron chi connectivity index (χ0n) is 14.0. The highest BCUT2D eigenvalue weighted by molar-refractivity contribution is 7.94. The predicted molar refractivity (Wildman–Crippen MR) is 90.1 cm³/mol. The molecule has 4 atom stereocenters. The predicted octanol–water partition coefficient (Wildman–Crippen LogP) is 3.28. The normalized spacial score (nSPS) is 38.2. The summed E-state index contributed by atoms with van der Waals surface area (Å²) in [6.45, 7) is 4.05. The number of carbonyl (C=O) groups excluding carboxylic acids is 1. The third-order valence-corrected chi connectivity index (χ3v) is 8.71. The Balaban J connectivity index is 1.70. The van der Waals surface area contributed by atoms with Crippen LogP contribution in [0.4, 0.5) is 0 Å². The van der Waals surface area contributed by atoms with E-state index in [0.717, 1.165) is 19.3 Å². The molecule has 1 aromatic carbocycles. The summed E-state index contributed by atoms with van der Waals surface area (Å²) in [7, 11) is -3.72. The zero-order valence-corrected chi connectivity index (χ0v) is 14.8. The van der Waals surface area contributed by atoms with Crippen molar-refractivity contribution in [2.24, 2.45) is 11.8 Å². The minimum Gasteiger partial charge on any atom is -0.457 e. The maximum absolute atomic E-state index is 13.1. The number of cyclic esters (lactones) is 1. The van der Waals surface area contributed by atoms with Crippen LogP contribution in [0.5, 0.6) is 0 Å². The number of esters is 1. The van der Waals surface area contributed by atoms with Gasteiger partial charge in [0.1, 0.15) is 5.60 Å². The molecule has 1 aromatic rings. The van der Waals surface area contributed by atoms with Crippen molar-refractivity contribution in [3.63, 3.8) is 0 Å². The molecule has 0 bridgehead atoms. The van der Waals surface area contributed by atoms with Crippen molar-refractivity contribution >= 4 is 15.8 Å². The van der Waals surface area contributed by atoms with Crippen LogP contribution in [-0.2, 0) is 19.4 Å². The Hall–Kier alpha value is -1.62. The number of hydrogen-bond donors (Lipinski definition) is 0. The Morgan fingerprint density at radius 2 is 1.92 bits per heavy atom. The fourth-order valence-electron chi connectivity index (χ4n) is 4.56. The summed E-state index contributed by atoms with van der Waals surface area (Å²) < 4.78 is 30.6. The van der Waals surface area contributed by atoms with Gasteiger partial charge >= 0.3 is 5.97 Å². The van der Waals surface area contributed by atoms with E-state index in [4.69, 9.17) is 4.74 Å². The minimum atomic E-state index is -3.72. The molecule has 1 saturated heterocycles. The first-order valence-corrected chi connectivity index (χ1v) is 9.99. The summed E-state index contributed by atoms with van der Waals surface area (Å²) in [4.78, 5) is 12.9. The van der Waals surface area contributed by atoms with E-state index in [0.29, 0.717) is 6.42 Å². The van der Waals surface area contributed by atoms with Gasteiger partial charge in [-0.05, 0) is 51.7 Å². The van der Waals surface area contributed by atoms with E-state index in [1.54, 1.807) is 30.3 Å². The lowest BCUT2D eigenvalue weighted by Gasteiger charge is -2.36. The van der Waals surface area contributed by atoms with Gasteiger partial charge in [-0.1, -0.05) is 29.8 Å². The fourth-order valence-corrected chi connectivity index (χ4v) is 6.75. The highest BCUT2D eigenvalue weighted by atomic mass is 32.2. The first-order valence-electron chi connectivity index (χ1n) is 8.51. The fraction of sp³-hybridized carbons (Fsp3) is 0.526. The topological polar surface area (TPSA) is 60.4 Å². The first kappa shape index (κ1) is 15.9. The van der Waals surface area contributed by atoms with Crippen molar-refractivity contribution in [1.29, 1.82) is 0 Å². The van der Waals surface area contributed by atoms with Gasteiger partial charge in [0.25, 0.3) is 0 Å². The second-order valence-electron chi connectivity index (χ2n) is 7.56. The average molecular weight is 346 g/mol. The van der Waals surface area contributed by atoms with E-state index in [9.17, 15) is 13.2 Å². The number of rotatable bonds is 3. The van der Waals surface area contributed by atoms with E-state index in [-0.39, 0.29) is 16.7 Å². The molecule has 4 rings (SSSR count). The summed E-state index contributed by atoms with van der Waals surface area (Å²) in [5.41, 5.74) is 0.689. The summed E-state index contributed by atoms with van der Waals surface area (Å²) >= 11 is 0. The van der Waals surface area contributed by atoms with Crippen LogP contribution in [-0.4, -0.2) is 24.7 Å². The summed E-state index contributed by atoms with van der Waals surface area (Å²) in [6.07, 6.45) is 5.38. The molecular formula is C19H22O4S. The van der Waals surface area contributed by atoms with Gasteiger partial charge in [-0.2, -0.15) is 0 Å². The monoisotopic (exact) mass is 346 g/mol. The molecule has 0 unspecified atom stereocenters. The highest BCUT2D eigenvalue weighted by Gasteiger charge is 2.82. The van der Waals surface area contributed by atoms with Gasteiger partial charge in [-0.15, -0.1) is 0 Å². The van der Waals surface area contributed by atoms with Gasteiger partial charge in [0.15, 0.2) is 14.6 Å². The molecule has 2 fully saturated rings. The number of fused-ring (bicyclic) bond motifs is 1. The van der Waals surface area contributed by atoms with Crippen molar-refractivity contribution in [2.75, 3.05) is 0 Å². The quantitative estimate of drug-likeness (QED) is 0.622. The van der Waals surface area contributed by atoms with Crippen LogP contribution in [0.1, 0.15) is 39.5 Å². The van der Waals surface area contributed by atoms with E-state index in [1.165, 1.54) is 5.57 Å². The molecule has 0 spiro atoms. The molecule has 0 amide bonds. The van der Waals surface area contributed by atoms with Gasteiger partial charge in [0.05, 0.1) is 4.90 Å². The number of hydrogen-bond acceptors (Lipinski definition) is 4.